The maximum Gasteiger partial charge on any atom is 0.322 e. The van der Waals surface area contributed by atoms with Gasteiger partial charge >= 0.3 is 5.97 Å². The molecule has 0 saturated carbocycles. The van der Waals surface area contributed by atoms with Crippen LogP contribution in [0.4, 0.5) is 0 Å². The molecule has 4 N–H and O–H groups in total. The Balaban J connectivity index is 1.68. The van der Waals surface area contributed by atoms with Crippen LogP contribution in [0.5, 0.6) is 0 Å². The van der Waals surface area contributed by atoms with Gasteiger partial charge in [0.1, 0.15) is 23.3 Å². The summed E-state index contributed by atoms with van der Waals surface area (Å²) in [5.74, 6) is -3.87. The highest BCUT2D eigenvalue weighted by Crippen LogP contribution is 2.25. The van der Waals surface area contributed by atoms with Crippen LogP contribution in [-0.4, -0.2) is 88.5 Å². The number of nitrogens with zero attached hydrogens (tertiary/aromatic N) is 2. The van der Waals surface area contributed by atoms with Crippen molar-refractivity contribution in [3.05, 3.63) is 51.5 Å². The molecule has 0 aliphatic carbocycles. The summed E-state index contributed by atoms with van der Waals surface area (Å²) in [7, 11) is 1.95. The lowest BCUT2D eigenvalue weighted by atomic mass is 9.83. The average molecular weight is 698 g/mol. The summed E-state index contributed by atoms with van der Waals surface area (Å²) in [6.45, 7) is 9.81. The van der Waals surface area contributed by atoms with Crippen molar-refractivity contribution in [2.45, 2.75) is 97.7 Å². The summed E-state index contributed by atoms with van der Waals surface area (Å²) in [5, 5.41) is 18.8. The largest absolute Gasteiger partial charge is 0.480 e. The fourth-order valence-corrected chi connectivity index (χ4v) is 6.78. The van der Waals surface area contributed by atoms with Crippen LogP contribution in [0.1, 0.15) is 86.4 Å². The number of aryl methyl sites for hydroxylation is 1. The number of likely N-dealkylation sites (N-methyl/N-ethyl adjacent to an activating group) is 1. The second-order valence-electron chi connectivity index (χ2n) is 13.5. The first kappa shape index (κ1) is 39.5. The molecule has 3 amide bonds. The van der Waals surface area contributed by atoms with Crippen LogP contribution >= 0.6 is 11.3 Å². The van der Waals surface area contributed by atoms with Gasteiger partial charge in [-0.15, -0.1) is 11.3 Å². The van der Waals surface area contributed by atoms with E-state index in [2.05, 4.69) is 25.8 Å². The number of carbonyl (C=O) groups excluding carboxylic acids is 5. The van der Waals surface area contributed by atoms with Crippen LogP contribution in [0.2, 0.25) is 0 Å². The van der Waals surface area contributed by atoms with E-state index >= 15 is 0 Å². The number of ketones is 2. The highest BCUT2D eigenvalue weighted by atomic mass is 32.1. The Kier molecular flexibility index (Phi) is 15.1. The highest BCUT2D eigenvalue weighted by Gasteiger charge is 2.35. The molecule has 13 heteroatoms. The Morgan fingerprint density at radius 1 is 1.02 bits per heavy atom. The number of rotatable bonds is 18. The second kappa shape index (κ2) is 18.7. The molecule has 2 aromatic rings. The Morgan fingerprint density at radius 2 is 1.71 bits per heavy atom. The van der Waals surface area contributed by atoms with Gasteiger partial charge in [-0.3, -0.25) is 33.7 Å². The summed E-state index contributed by atoms with van der Waals surface area (Å²) in [5.41, 5.74) is 1.81. The lowest BCUT2D eigenvalue weighted by Crippen LogP contribution is -2.49. The van der Waals surface area contributed by atoms with E-state index in [1.807, 2.05) is 65.9 Å². The van der Waals surface area contributed by atoms with Crippen molar-refractivity contribution < 1.29 is 33.9 Å². The third-order valence-electron chi connectivity index (χ3n) is 9.25. The molecular weight excluding hydrogens is 646 g/mol. The number of piperidine rings is 1. The number of hydrogen-bond acceptors (Lipinski definition) is 9. The third-order valence-corrected chi connectivity index (χ3v) is 10.1. The molecule has 2 heterocycles. The monoisotopic (exact) mass is 697 g/mol. The van der Waals surface area contributed by atoms with Crippen molar-refractivity contribution in [1.29, 1.82) is 0 Å². The first-order chi connectivity index (χ1) is 23.2. The lowest BCUT2D eigenvalue weighted by Gasteiger charge is -2.33. The quantitative estimate of drug-likeness (QED) is 0.182. The number of aromatic nitrogens is 1. The number of likely N-dealkylation sites (tertiary alicyclic amines) is 1. The molecule has 1 aliphatic heterocycles. The van der Waals surface area contributed by atoms with Crippen LogP contribution in [0.15, 0.2) is 29.6 Å². The lowest BCUT2D eigenvalue weighted by molar-refractivity contribution is -0.138. The number of carbonyl (C=O) groups is 6. The van der Waals surface area contributed by atoms with E-state index in [0.717, 1.165) is 48.3 Å². The molecule has 268 valence electrons. The standard InChI is InChI=1S/C36H51N5O7S/c1-7-23(5)25(17-29(42)28-10-8-9-15-41(28)6)34(46)40-33(21(2)3)30(43)18-31-38-27(20-49-31)36(48)39-26(35(47)37-19-32(44)45)16-24-13-11-22(4)12-14-24/h11-14,20-21,23,25-26,28,33H,7-10,15-19H2,1-6H3,(H,37,47)(H,39,48)(H,40,46)(H,44,45)/t23?,25-,26-,28?,33-/m0/s1. The van der Waals surface area contributed by atoms with Crippen molar-refractivity contribution in [2.24, 2.45) is 17.8 Å². The molecule has 1 aromatic heterocycles. The van der Waals surface area contributed by atoms with Gasteiger partial charge in [0.2, 0.25) is 11.8 Å². The number of amides is 3. The van der Waals surface area contributed by atoms with Crippen molar-refractivity contribution in [1.82, 2.24) is 25.8 Å². The first-order valence-electron chi connectivity index (χ1n) is 17.1. The second-order valence-corrected chi connectivity index (χ2v) is 14.4. The Hall–Kier alpha value is -3.97. The predicted molar refractivity (Wildman–Crippen MR) is 187 cm³/mol. The normalized spacial score (nSPS) is 17.4. The van der Waals surface area contributed by atoms with E-state index in [1.165, 1.54) is 5.38 Å². The van der Waals surface area contributed by atoms with E-state index in [0.29, 0.717) is 11.4 Å². The predicted octanol–water partition coefficient (Wildman–Crippen LogP) is 3.35. The Morgan fingerprint density at radius 3 is 2.33 bits per heavy atom. The minimum atomic E-state index is -1.21. The number of thiazole rings is 1. The van der Waals surface area contributed by atoms with Crippen LogP contribution in [0.25, 0.3) is 0 Å². The summed E-state index contributed by atoms with van der Waals surface area (Å²) < 4.78 is 0. The van der Waals surface area contributed by atoms with Crippen LogP contribution in [0, 0.1) is 24.7 Å². The molecule has 1 aromatic carbocycles. The average Bonchev–Trinajstić information content (AvgIpc) is 3.53. The van der Waals surface area contributed by atoms with E-state index < -0.39 is 42.3 Å². The van der Waals surface area contributed by atoms with Gasteiger partial charge in [-0.05, 0) is 50.8 Å². The summed E-state index contributed by atoms with van der Waals surface area (Å²) in [6.07, 6.45) is 3.68. The summed E-state index contributed by atoms with van der Waals surface area (Å²) in [4.78, 5) is 83.9. The molecule has 12 nitrogen and oxygen atoms in total. The van der Waals surface area contributed by atoms with E-state index in [4.69, 9.17) is 5.11 Å². The number of carboxylic acid groups (broad SMARTS) is 1. The van der Waals surface area contributed by atoms with Gasteiger partial charge in [0.15, 0.2) is 11.6 Å². The van der Waals surface area contributed by atoms with E-state index in [9.17, 15) is 28.8 Å². The SMILES string of the molecule is CCC(C)[C@H](CC(=O)C1CCCCN1C)C(=O)N[C@H](C(=O)Cc1nc(C(=O)N[C@@H](Cc2ccc(C)cc2)C(=O)NCC(=O)O)cs1)C(C)C. The van der Waals surface area contributed by atoms with Gasteiger partial charge in [0, 0.05) is 24.1 Å². The summed E-state index contributed by atoms with van der Waals surface area (Å²) >= 11 is 1.12. The number of hydrogen-bond donors (Lipinski definition) is 4. The molecule has 3 rings (SSSR count). The maximum absolute atomic E-state index is 13.6. The van der Waals surface area contributed by atoms with Crippen molar-refractivity contribution in [3.8, 4) is 0 Å². The zero-order valence-electron chi connectivity index (χ0n) is 29.4. The Labute approximate surface area is 292 Å². The molecule has 0 bridgehead atoms. The van der Waals surface area contributed by atoms with Gasteiger partial charge in [-0.2, -0.15) is 0 Å². The van der Waals surface area contributed by atoms with Crippen molar-refractivity contribution in [2.75, 3.05) is 20.1 Å². The van der Waals surface area contributed by atoms with E-state index in [1.54, 1.807) is 0 Å². The first-order valence-corrected chi connectivity index (χ1v) is 17.9. The zero-order chi connectivity index (χ0) is 36.2. The molecule has 0 spiro atoms. The van der Waals surface area contributed by atoms with Crippen LogP contribution < -0.4 is 16.0 Å². The number of benzene rings is 1. The van der Waals surface area contributed by atoms with Crippen LogP contribution in [-0.2, 0) is 36.8 Å². The number of carboxylic acids is 1. The molecule has 2 unspecified atom stereocenters. The minimum absolute atomic E-state index is 0.0147. The number of Topliss-reactive ketones (excluding diaryl/α,β-unsaturated/α-hetero) is 2. The number of nitrogens with one attached hydrogen (secondary N) is 3. The smallest absolute Gasteiger partial charge is 0.322 e. The van der Waals surface area contributed by atoms with Crippen LogP contribution in [0.3, 0.4) is 0 Å². The molecule has 1 fully saturated rings. The van der Waals surface area contributed by atoms with Crippen molar-refractivity contribution in [3.63, 3.8) is 0 Å². The van der Waals surface area contributed by atoms with Gasteiger partial charge < -0.3 is 21.1 Å². The fraction of sp³-hybridized carbons (Fsp3) is 0.583. The molecule has 0 radical (unpaired) electrons. The van der Waals surface area contributed by atoms with Crippen molar-refractivity contribution >= 4 is 46.6 Å². The topological polar surface area (TPSA) is 175 Å². The number of aliphatic carboxylic acids is 1. The summed E-state index contributed by atoms with van der Waals surface area (Å²) in [6, 6.07) is 5.33. The van der Waals surface area contributed by atoms with Gasteiger partial charge in [0.05, 0.1) is 18.5 Å². The molecule has 1 aliphatic rings. The van der Waals surface area contributed by atoms with Gasteiger partial charge in [-0.1, -0.05) is 70.4 Å². The third kappa shape index (κ3) is 11.8. The molecular formula is C36H51N5O7S. The molecule has 1 saturated heterocycles. The minimum Gasteiger partial charge on any atom is -0.480 e. The highest BCUT2D eigenvalue weighted by molar-refractivity contribution is 7.10. The van der Waals surface area contributed by atoms with Gasteiger partial charge in [-0.25, -0.2) is 4.98 Å². The van der Waals surface area contributed by atoms with E-state index in [-0.39, 0.29) is 60.3 Å². The zero-order valence-corrected chi connectivity index (χ0v) is 30.2. The molecule has 5 atom stereocenters. The Bertz CT molecular complexity index is 1470. The van der Waals surface area contributed by atoms with Gasteiger partial charge in [0.25, 0.3) is 5.91 Å². The molecule has 49 heavy (non-hydrogen) atoms. The maximum atomic E-state index is 13.6. The fourth-order valence-electron chi connectivity index (χ4n) is 5.99.